The maximum Gasteiger partial charge on any atom is 0.264 e. The summed E-state index contributed by atoms with van der Waals surface area (Å²) in [6.07, 6.45) is 0.0597. The lowest BCUT2D eigenvalue weighted by Crippen LogP contribution is -2.39. The standard InChI is InChI=1S/C17H15N3O3S/c1-12-10-17(21)19-15-4-2-3-5-16(15)20(12)24(22,23)14-8-6-13(11-18)7-9-14/h2-9,12H,10H2,1H3,(H,19,21)/t12-/m1/s1. The summed E-state index contributed by atoms with van der Waals surface area (Å²) < 4.78 is 27.5. The van der Waals surface area contributed by atoms with Crippen molar-refractivity contribution in [2.45, 2.75) is 24.3 Å². The first-order chi connectivity index (χ1) is 11.4. The van der Waals surface area contributed by atoms with Crippen molar-refractivity contribution >= 4 is 27.3 Å². The highest BCUT2D eigenvalue weighted by atomic mass is 32.2. The number of benzene rings is 2. The van der Waals surface area contributed by atoms with E-state index < -0.39 is 16.1 Å². The van der Waals surface area contributed by atoms with Crippen molar-refractivity contribution in [2.75, 3.05) is 9.62 Å². The molecule has 0 aliphatic carbocycles. The SMILES string of the molecule is C[C@@H]1CC(=O)Nc2ccccc2N1S(=O)(=O)c1ccc(C#N)cc1. The van der Waals surface area contributed by atoms with Crippen LogP contribution in [0, 0.1) is 11.3 Å². The predicted molar refractivity (Wildman–Crippen MR) is 90.0 cm³/mol. The van der Waals surface area contributed by atoms with Gasteiger partial charge in [0.2, 0.25) is 5.91 Å². The Morgan fingerprint density at radius 3 is 2.50 bits per heavy atom. The lowest BCUT2D eigenvalue weighted by atomic mass is 10.2. The van der Waals surface area contributed by atoms with Crippen LogP contribution in [-0.2, 0) is 14.8 Å². The quantitative estimate of drug-likeness (QED) is 0.908. The third-order valence-corrected chi connectivity index (χ3v) is 5.78. The molecule has 1 amide bonds. The molecule has 2 aromatic rings. The molecule has 6 nitrogen and oxygen atoms in total. The van der Waals surface area contributed by atoms with Gasteiger partial charge < -0.3 is 5.32 Å². The zero-order valence-electron chi connectivity index (χ0n) is 12.9. The number of amides is 1. The normalized spacial score (nSPS) is 17.4. The minimum atomic E-state index is -3.86. The summed E-state index contributed by atoms with van der Waals surface area (Å²) in [4.78, 5) is 12.1. The Morgan fingerprint density at radius 2 is 1.83 bits per heavy atom. The fourth-order valence-electron chi connectivity index (χ4n) is 2.74. The molecule has 0 saturated heterocycles. The maximum absolute atomic E-state index is 13.1. The van der Waals surface area contributed by atoms with E-state index in [0.717, 1.165) is 0 Å². The molecule has 1 atom stereocenters. The van der Waals surface area contributed by atoms with Crippen LogP contribution in [0.4, 0.5) is 11.4 Å². The van der Waals surface area contributed by atoms with Gasteiger partial charge in [-0.1, -0.05) is 12.1 Å². The lowest BCUT2D eigenvalue weighted by Gasteiger charge is -2.29. The molecule has 1 heterocycles. The summed E-state index contributed by atoms with van der Waals surface area (Å²) in [6, 6.07) is 14.0. The smallest absolute Gasteiger partial charge is 0.264 e. The van der Waals surface area contributed by atoms with Crippen molar-refractivity contribution in [3.8, 4) is 6.07 Å². The van der Waals surface area contributed by atoms with E-state index in [-0.39, 0.29) is 17.2 Å². The highest BCUT2D eigenvalue weighted by Crippen LogP contribution is 2.35. The minimum Gasteiger partial charge on any atom is -0.324 e. The van der Waals surface area contributed by atoms with Gasteiger partial charge in [-0.3, -0.25) is 9.10 Å². The van der Waals surface area contributed by atoms with Crippen LogP contribution in [0.3, 0.4) is 0 Å². The molecule has 2 aromatic carbocycles. The molecule has 24 heavy (non-hydrogen) atoms. The van der Waals surface area contributed by atoms with Crippen molar-refractivity contribution < 1.29 is 13.2 Å². The van der Waals surface area contributed by atoms with E-state index in [0.29, 0.717) is 16.9 Å². The molecule has 0 radical (unpaired) electrons. The molecular formula is C17H15N3O3S. The van der Waals surface area contributed by atoms with Gasteiger partial charge in [-0.25, -0.2) is 8.42 Å². The van der Waals surface area contributed by atoms with Crippen molar-refractivity contribution in [1.82, 2.24) is 0 Å². The molecule has 1 aliphatic heterocycles. The number of nitrogens with one attached hydrogen (secondary N) is 1. The van der Waals surface area contributed by atoms with Crippen LogP contribution >= 0.6 is 0 Å². The number of nitriles is 1. The number of fused-ring (bicyclic) bond motifs is 1. The molecule has 0 bridgehead atoms. The van der Waals surface area contributed by atoms with Gasteiger partial charge in [-0.05, 0) is 43.3 Å². The third kappa shape index (κ3) is 2.72. The highest BCUT2D eigenvalue weighted by molar-refractivity contribution is 7.92. The molecule has 0 aromatic heterocycles. The Hall–Kier alpha value is -2.85. The van der Waals surface area contributed by atoms with Crippen LogP contribution in [0.15, 0.2) is 53.4 Å². The number of hydrogen-bond donors (Lipinski definition) is 1. The van der Waals surface area contributed by atoms with Gasteiger partial charge in [0.15, 0.2) is 0 Å². The van der Waals surface area contributed by atoms with E-state index >= 15 is 0 Å². The molecule has 3 rings (SSSR count). The Labute approximate surface area is 140 Å². The monoisotopic (exact) mass is 341 g/mol. The Kier molecular flexibility index (Phi) is 3.99. The number of para-hydroxylation sites is 2. The number of sulfonamides is 1. The molecular weight excluding hydrogens is 326 g/mol. The largest absolute Gasteiger partial charge is 0.324 e. The van der Waals surface area contributed by atoms with Crippen LogP contribution in [-0.4, -0.2) is 20.4 Å². The summed E-state index contributed by atoms with van der Waals surface area (Å²) in [5, 5.41) is 11.6. The zero-order chi connectivity index (χ0) is 17.3. The van der Waals surface area contributed by atoms with Crippen molar-refractivity contribution in [2.24, 2.45) is 0 Å². The van der Waals surface area contributed by atoms with Crippen LogP contribution in [0.1, 0.15) is 18.9 Å². The van der Waals surface area contributed by atoms with Crippen LogP contribution in [0.2, 0.25) is 0 Å². The highest BCUT2D eigenvalue weighted by Gasteiger charge is 2.34. The number of carbonyl (C=O) groups excluding carboxylic acids is 1. The van der Waals surface area contributed by atoms with Gasteiger partial charge in [0, 0.05) is 6.42 Å². The van der Waals surface area contributed by atoms with Crippen molar-refractivity contribution in [3.05, 3.63) is 54.1 Å². The molecule has 0 saturated carbocycles. The summed E-state index contributed by atoms with van der Waals surface area (Å²) in [7, 11) is -3.86. The molecule has 7 heteroatoms. The molecule has 0 unspecified atom stereocenters. The summed E-state index contributed by atoms with van der Waals surface area (Å²) >= 11 is 0. The Bertz CT molecular complexity index is 930. The summed E-state index contributed by atoms with van der Waals surface area (Å²) in [6.45, 7) is 1.70. The zero-order valence-corrected chi connectivity index (χ0v) is 13.7. The second-order valence-corrected chi connectivity index (χ2v) is 7.37. The van der Waals surface area contributed by atoms with Crippen LogP contribution in [0.25, 0.3) is 0 Å². The average Bonchev–Trinajstić information content (AvgIpc) is 2.69. The van der Waals surface area contributed by atoms with E-state index in [1.54, 1.807) is 31.2 Å². The Balaban J connectivity index is 2.14. The maximum atomic E-state index is 13.1. The second kappa shape index (κ2) is 5.98. The number of hydrogen-bond acceptors (Lipinski definition) is 4. The predicted octanol–water partition coefficient (Wildman–Crippen LogP) is 2.48. The van der Waals surface area contributed by atoms with Crippen molar-refractivity contribution in [3.63, 3.8) is 0 Å². The average molecular weight is 341 g/mol. The summed E-state index contributed by atoms with van der Waals surface area (Å²) in [5.74, 6) is -0.229. The molecule has 0 fully saturated rings. The van der Waals surface area contributed by atoms with Gasteiger partial charge in [-0.2, -0.15) is 5.26 Å². The lowest BCUT2D eigenvalue weighted by molar-refractivity contribution is -0.116. The first-order valence-electron chi connectivity index (χ1n) is 7.37. The fourth-order valence-corrected chi connectivity index (χ4v) is 4.42. The second-order valence-electron chi connectivity index (χ2n) is 5.56. The topological polar surface area (TPSA) is 90.3 Å². The number of rotatable bonds is 2. The van der Waals surface area contributed by atoms with Crippen LogP contribution < -0.4 is 9.62 Å². The van der Waals surface area contributed by atoms with Gasteiger partial charge in [0.05, 0.1) is 33.9 Å². The van der Waals surface area contributed by atoms with E-state index in [4.69, 9.17) is 5.26 Å². The van der Waals surface area contributed by atoms with Gasteiger partial charge in [0.25, 0.3) is 10.0 Å². The van der Waals surface area contributed by atoms with Gasteiger partial charge in [0.1, 0.15) is 0 Å². The Morgan fingerprint density at radius 1 is 1.17 bits per heavy atom. The number of carbonyl (C=O) groups is 1. The van der Waals surface area contributed by atoms with Gasteiger partial charge >= 0.3 is 0 Å². The fraction of sp³-hybridized carbons (Fsp3) is 0.176. The van der Waals surface area contributed by atoms with Gasteiger partial charge in [-0.15, -0.1) is 0 Å². The first kappa shape index (κ1) is 16.0. The third-order valence-electron chi connectivity index (χ3n) is 3.84. The summed E-state index contributed by atoms with van der Waals surface area (Å²) in [5.41, 5.74) is 1.28. The van der Waals surface area contributed by atoms with E-state index in [9.17, 15) is 13.2 Å². The van der Waals surface area contributed by atoms with E-state index in [1.165, 1.54) is 28.6 Å². The number of anilines is 2. The van der Waals surface area contributed by atoms with E-state index in [1.807, 2.05) is 6.07 Å². The van der Waals surface area contributed by atoms with Crippen molar-refractivity contribution in [1.29, 1.82) is 5.26 Å². The molecule has 1 aliphatic rings. The molecule has 1 N–H and O–H groups in total. The van der Waals surface area contributed by atoms with Crippen LogP contribution in [0.5, 0.6) is 0 Å². The molecule has 0 spiro atoms. The van der Waals surface area contributed by atoms with E-state index in [2.05, 4.69) is 5.32 Å². The molecule has 122 valence electrons. The minimum absolute atomic E-state index is 0.0597. The number of nitrogens with zero attached hydrogens (tertiary/aromatic N) is 2. The first-order valence-corrected chi connectivity index (χ1v) is 8.81.